The van der Waals surface area contributed by atoms with E-state index in [-0.39, 0.29) is 34.6 Å². The van der Waals surface area contributed by atoms with Crippen LogP contribution in [0.4, 0.5) is 14.9 Å². The summed E-state index contributed by atoms with van der Waals surface area (Å²) in [5.41, 5.74) is 1.16. The van der Waals surface area contributed by atoms with E-state index in [9.17, 15) is 9.18 Å². The van der Waals surface area contributed by atoms with Crippen molar-refractivity contribution >= 4 is 23.3 Å². The van der Waals surface area contributed by atoms with Gasteiger partial charge < -0.3 is 10.2 Å². The Hall–Kier alpha value is -2.28. The molecule has 2 bridgehead atoms. The fourth-order valence-corrected chi connectivity index (χ4v) is 4.16. The van der Waals surface area contributed by atoms with E-state index in [2.05, 4.69) is 27.4 Å². The molecule has 2 aliphatic rings. The predicted molar refractivity (Wildman–Crippen MR) is 96.4 cm³/mol. The lowest BCUT2D eigenvalue weighted by atomic mass is 9.74. The molecule has 1 unspecified atom stereocenters. The average Bonchev–Trinajstić information content (AvgIpc) is 2.58. The van der Waals surface area contributed by atoms with Crippen molar-refractivity contribution in [3.63, 3.8) is 0 Å². The Bertz CT molecular complexity index is 847. The van der Waals surface area contributed by atoms with Gasteiger partial charge in [-0.3, -0.25) is 0 Å². The maximum Gasteiger partial charge on any atom is 0.322 e. The van der Waals surface area contributed by atoms with Crippen LogP contribution in [-0.4, -0.2) is 38.2 Å². The van der Waals surface area contributed by atoms with Gasteiger partial charge in [0.05, 0.1) is 22.6 Å². The largest absolute Gasteiger partial charge is 0.322 e. The summed E-state index contributed by atoms with van der Waals surface area (Å²) in [7, 11) is 0. The maximum absolute atomic E-state index is 14.3. The monoisotopic (exact) mass is 375 g/mol. The average molecular weight is 376 g/mol. The zero-order valence-electron chi connectivity index (χ0n) is 14.5. The first-order chi connectivity index (χ1) is 12.4. The molecule has 2 saturated heterocycles. The number of carbonyl (C=O) groups is 1. The molecule has 136 valence electrons. The molecular formula is C18H19ClFN5O. The number of carbonyl (C=O) groups excluding carboxylic acids is 1. The first-order valence-corrected chi connectivity index (χ1v) is 9.05. The number of piperidine rings is 1. The summed E-state index contributed by atoms with van der Waals surface area (Å²) < 4.78 is 14.3. The third-order valence-electron chi connectivity index (χ3n) is 5.13. The molecule has 1 aromatic heterocycles. The van der Waals surface area contributed by atoms with Gasteiger partial charge in [0.1, 0.15) is 5.82 Å². The molecule has 2 amide bonds. The van der Waals surface area contributed by atoms with Crippen LogP contribution in [0, 0.1) is 18.7 Å². The molecule has 0 saturated carbocycles. The molecule has 4 rings (SSSR count). The van der Waals surface area contributed by atoms with Gasteiger partial charge in [0, 0.05) is 17.6 Å². The van der Waals surface area contributed by atoms with Crippen LogP contribution in [0.2, 0.25) is 5.02 Å². The van der Waals surface area contributed by atoms with Crippen molar-refractivity contribution in [2.75, 3.05) is 5.32 Å². The zero-order chi connectivity index (χ0) is 18.4. The van der Waals surface area contributed by atoms with Gasteiger partial charge in [-0.2, -0.15) is 5.10 Å². The lowest BCUT2D eigenvalue weighted by Crippen LogP contribution is -2.63. The highest BCUT2D eigenvalue weighted by atomic mass is 35.5. The number of hydrogen-bond acceptors (Lipinski definition) is 4. The van der Waals surface area contributed by atoms with Gasteiger partial charge in [-0.25, -0.2) is 14.2 Å². The summed E-state index contributed by atoms with van der Waals surface area (Å²) in [4.78, 5) is 18.6. The summed E-state index contributed by atoms with van der Waals surface area (Å²) in [6.45, 7) is 3.97. The third-order valence-corrected chi connectivity index (χ3v) is 5.44. The number of aryl methyl sites for hydroxylation is 1. The number of nitrogens with zero attached hydrogens (tertiary/aromatic N) is 4. The number of halogens is 2. The van der Waals surface area contributed by atoms with Crippen LogP contribution < -0.4 is 5.32 Å². The molecule has 1 N–H and O–H groups in total. The van der Waals surface area contributed by atoms with Gasteiger partial charge >= 0.3 is 6.03 Å². The van der Waals surface area contributed by atoms with Crippen LogP contribution in [0.1, 0.15) is 31.9 Å². The van der Waals surface area contributed by atoms with Gasteiger partial charge in [0.25, 0.3) is 0 Å². The summed E-state index contributed by atoms with van der Waals surface area (Å²) in [6.07, 6.45) is 4.60. The fraction of sp³-hybridized carbons (Fsp3) is 0.444. The van der Waals surface area contributed by atoms with E-state index in [1.807, 2.05) is 4.90 Å². The van der Waals surface area contributed by atoms with Crippen molar-refractivity contribution in [1.29, 1.82) is 0 Å². The Morgan fingerprint density at radius 3 is 2.65 bits per heavy atom. The first kappa shape index (κ1) is 17.1. The molecule has 0 radical (unpaired) electrons. The SMILES string of the molecule is Cc1cnc(-c2cc(NC(=O)N3[C@@H]4CC(C)C[C@H]3C4)c(F)cc2Cl)nn1. The fourth-order valence-electron chi connectivity index (χ4n) is 3.93. The number of urea groups is 1. The molecule has 3 atom stereocenters. The molecule has 0 spiro atoms. The minimum absolute atomic E-state index is 0.0663. The maximum atomic E-state index is 14.3. The van der Waals surface area contributed by atoms with Gasteiger partial charge in [-0.1, -0.05) is 18.5 Å². The number of fused-ring (bicyclic) bond motifs is 2. The topological polar surface area (TPSA) is 71.0 Å². The van der Waals surface area contributed by atoms with Gasteiger partial charge in [-0.05, 0) is 44.2 Å². The third kappa shape index (κ3) is 3.00. The van der Waals surface area contributed by atoms with E-state index in [1.165, 1.54) is 6.07 Å². The molecule has 8 heteroatoms. The number of benzene rings is 1. The van der Waals surface area contributed by atoms with Crippen molar-refractivity contribution in [3.8, 4) is 11.4 Å². The van der Waals surface area contributed by atoms with Crippen molar-refractivity contribution in [2.24, 2.45) is 5.92 Å². The molecule has 0 aliphatic carbocycles. The van der Waals surface area contributed by atoms with E-state index in [4.69, 9.17) is 11.6 Å². The second kappa shape index (κ2) is 6.46. The van der Waals surface area contributed by atoms with E-state index < -0.39 is 5.82 Å². The van der Waals surface area contributed by atoms with Crippen LogP contribution in [0.3, 0.4) is 0 Å². The Morgan fingerprint density at radius 1 is 1.27 bits per heavy atom. The smallest absolute Gasteiger partial charge is 0.318 e. The van der Waals surface area contributed by atoms with Crippen molar-refractivity contribution in [1.82, 2.24) is 20.1 Å². The molecule has 2 aromatic rings. The van der Waals surface area contributed by atoms with Gasteiger partial charge in [0.15, 0.2) is 5.82 Å². The Morgan fingerprint density at radius 2 is 2.00 bits per heavy atom. The molecule has 2 aliphatic heterocycles. The number of amides is 2. The number of anilines is 1. The van der Waals surface area contributed by atoms with Gasteiger partial charge in [-0.15, -0.1) is 5.10 Å². The minimum Gasteiger partial charge on any atom is -0.318 e. The van der Waals surface area contributed by atoms with Crippen LogP contribution in [0.25, 0.3) is 11.4 Å². The first-order valence-electron chi connectivity index (χ1n) is 8.67. The van der Waals surface area contributed by atoms with E-state index in [1.54, 1.807) is 13.1 Å². The second-order valence-corrected chi connectivity index (χ2v) is 7.60. The highest BCUT2D eigenvalue weighted by molar-refractivity contribution is 6.33. The van der Waals surface area contributed by atoms with Crippen molar-refractivity contribution in [2.45, 2.75) is 45.2 Å². The molecule has 1 aromatic carbocycles. The quantitative estimate of drug-likeness (QED) is 0.859. The van der Waals surface area contributed by atoms with Gasteiger partial charge in [0.2, 0.25) is 0 Å². The van der Waals surface area contributed by atoms with Crippen LogP contribution >= 0.6 is 11.6 Å². The highest BCUT2D eigenvalue weighted by Gasteiger charge is 2.46. The number of hydrogen-bond donors (Lipinski definition) is 1. The zero-order valence-corrected chi connectivity index (χ0v) is 15.3. The number of nitrogens with one attached hydrogen (secondary N) is 1. The van der Waals surface area contributed by atoms with Crippen LogP contribution in [-0.2, 0) is 0 Å². The Balaban J connectivity index is 1.58. The summed E-state index contributed by atoms with van der Waals surface area (Å²) in [5, 5.41) is 10.8. The van der Waals surface area contributed by atoms with E-state index in [0.29, 0.717) is 17.2 Å². The standard InChI is InChI=1S/C18H19ClFN5O/c1-9-3-11-5-12(4-9)25(11)18(26)22-16-6-13(14(19)7-15(16)20)17-21-8-10(2)23-24-17/h6-9,11-12H,3-5H2,1-2H3,(H,22,26)/t9?,11-,12+. The minimum atomic E-state index is -0.591. The normalized spacial score (nSPS) is 24.2. The molecule has 6 nitrogen and oxygen atoms in total. The summed E-state index contributed by atoms with van der Waals surface area (Å²) in [5.74, 6) is 0.324. The Labute approximate surface area is 155 Å². The molecular weight excluding hydrogens is 357 g/mol. The predicted octanol–water partition coefficient (Wildman–Crippen LogP) is 4.04. The highest BCUT2D eigenvalue weighted by Crippen LogP contribution is 2.41. The van der Waals surface area contributed by atoms with Crippen molar-refractivity contribution < 1.29 is 9.18 Å². The lowest BCUT2D eigenvalue weighted by molar-refractivity contribution is -0.00603. The van der Waals surface area contributed by atoms with E-state index in [0.717, 1.165) is 25.3 Å². The lowest BCUT2D eigenvalue weighted by Gasteiger charge is -2.54. The number of rotatable bonds is 2. The number of aromatic nitrogens is 3. The van der Waals surface area contributed by atoms with E-state index >= 15 is 0 Å². The molecule has 3 heterocycles. The second-order valence-electron chi connectivity index (χ2n) is 7.19. The summed E-state index contributed by atoms with van der Waals surface area (Å²) in [6, 6.07) is 2.86. The Kier molecular flexibility index (Phi) is 4.26. The van der Waals surface area contributed by atoms with Crippen LogP contribution in [0.15, 0.2) is 18.3 Å². The summed E-state index contributed by atoms with van der Waals surface area (Å²) >= 11 is 6.14. The van der Waals surface area contributed by atoms with Crippen LogP contribution in [0.5, 0.6) is 0 Å². The van der Waals surface area contributed by atoms with Crippen molar-refractivity contribution in [3.05, 3.63) is 34.9 Å². The molecule has 26 heavy (non-hydrogen) atoms. The molecule has 2 fully saturated rings.